The first kappa shape index (κ1) is 8.48. The van der Waals surface area contributed by atoms with Gasteiger partial charge < -0.3 is 0 Å². The van der Waals surface area contributed by atoms with Crippen LogP contribution in [0.1, 0.15) is 26.7 Å². The second-order valence-corrected chi connectivity index (χ2v) is 2.04. The third-order valence-corrected chi connectivity index (χ3v) is 1.11. The Hall–Kier alpha value is -0.520. The lowest BCUT2D eigenvalue weighted by Crippen LogP contribution is -1.71. The molecule has 0 rings (SSSR count). The molecule has 0 saturated heterocycles. The summed E-state index contributed by atoms with van der Waals surface area (Å²) in [7, 11) is 0. The van der Waals surface area contributed by atoms with Crippen molar-refractivity contribution in [3.63, 3.8) is 0 Å². The first-order chi connectivity index (χ1) is 4.31. The van der Waals surface area contributed by atoms with Gasteiger partial charge in [0.25, 0.3) is 0 Å². The summed E-state index contributed by atoms with van der Waals surface area (Å²) >= 11 is 0. The summed E-state index contributed by atoms with van der Waals surface area (Å²) in [5, 5.41) is 0. The van der Waals surface area contributed by atoms with Gasteiger partial charge in [0.05, 0.1) is 0 Å². The van der Waals surface area contributed by atoms with E-state index in [1.165, 1.54) is 5.57 Å². The molecule has 1 radical (unpaired) electrons. The van der Waals surface area contributed by atoms with Gasteiger partial charge in [-0.15, -0.1) is 0 Å². The molecule has 0 bridgehead atoms. The summed E-state index contributed by atoms with van der Waals surface area (Å²) in [6.45, 7) is 8.03. The van der Waals surface area contributed by atoms with E-state index < -0.39 is 0 Å². The Kier molecular flexibility index (Phi) is 5.29. The molecule has 0 aromatic rings. The van der Waals surface area contributed by atoms with E-state index in [1.54, 1.807) is 0 Å². The molecule has 0 spiro atoms. The number of allylic oxidation sites excluding steroid dienone is 4. The van der Waals surface area contributed by atoms with Crippen LogP contribution in [0, 0.1) is 6.92 Å². The molecule has 0 nitrogen and oxygen atoms in total. The predicted octanol–water partition coefficient (Wildman–Crippen LogP) is 3.12. The molecule has 0 fully saturated rings. The minimum atomic E-state index is 1.00. The fourth-order valence-corrected chi connectivity index (χ4v) is 0.641. The monoisotopic (exact) mass is 123 g/mol. The summed E-state index contributed by atoms with van der Waals surface area (Å²) in [5.41, 5.74) is 1.22. The normalized spacial score (nSPS) is 13.0. The van der Waals surface area contributed by atoms with E-state index in [1.807, 2.05) is 6.92 Å². The van der Waals surface area contributed by atoms with Crippen molar-refractivity contribution in [3.8, 4) is 0 Å². The van der Waals surface area contributed by atoms with Gasteiger partial charge in [0, 0.05) is 0 Å². The lowest BCUT2D eigenvalue weighted by Gasteiger charge is -1.91. The van der Waals surface area contributed by atoms with Gasteiger partial charge in [-0.05, 0) is 26.7 Å². The molecular formula is C9H15. The summed E-state index contributed by atoms with van der Waals surface area (Å²) in [4.78, 5) is 0. The molecule has 0 amide bonds. The molecule has 0 aromatic heterocycles. The van der Waals surface area contributed by atoms with Gasteiger partial charge in [-0.1, -0.05) is 30.7 Å². The Labute approximate surface area is 58.3 Å². The first-order valence-electron chi connectivity index (χ1n) is 3.43. The molecule has 0 unspecified atom stereocenters. The molecule has 0 aliphatic carbocycles. The molecule has 0 atom stereocenters. The predicted molar refractivity (Wildman–Crippen MR) is 43.2 cm³/mol. The lowest BCUT2D eigenvalue weighted by atomic mass is 10.2. The standard InChI is InChI=1S/C9H15/c1-4-6-8-9(3)7-5-2/h4,6-7H,3,5,8H2,1-2H3. The smallest absolute Gasteiger partial charge is 0.0139 e. The van der Waals surface area contributed by atoms with E-state index in [0.717, 1.165) is 12.8 Å². The molecule has 0 heteroatoms. The molecule has 51 valence electrons. The van der Waals surface area contributed by atoms with Gasteiger partial charge >= 0.3 is 0 Å². The Balaban J connectivity index is 3.49. The third-order valence-electron chi connectivity index (χ3n) is 1.11. The average molecular weight is 123 g/mol. The van der Waals surface area contributed by atoms with Gasteiger partial charge in [0.1, 0.15) is 0 Å². The second kappa shape index (κ2) is 5.61. The molecule has 0 heterocycles. The van der Waals surface area contributed by atoms with Crippen molar-refractivity contribution >= 4 is 0 Å². The SMILES string of the molecule is [CH2]C(=CCC)CC=CC. The third kappa shape index (κ3) is 5.35. The maximum atomic E-state index is 3.88. The first-order valence-corrected chi connectivity index (χ1v) is 3.43. The van der Waals surface area contributed by atoms with Crippen LogP contribution in [0.5, 0.6) is 0 Å². The fraction of sp³-hybridized carbons (Fsp3) is 0.444. The van der Waals surface area contributed by atoms with Crippen LogP contribution < -0.4 is 0 Å². The zero-order chi connectivity index (χ0) is 7.11. The highest BCUT2D eigenvalue weighted by molar-refractivity contribution is 5.09. The zero-order valence-electron chi connectivity index (χ0n) is 6.35. The van der Waals surface area contributed by atoms with Crippen LogP contribution in [0.25, 0.3) is 0 Å². The molecule has 0 saturated carbocycles. The van der Waals surface area contributed by atoms with Crippen molar-refractivity contribution in [1.29, 1.82) is 0 Å². The van der Waals surface area contributed by atoms with Crippen LogP contribution >= 0.6 is 0 Å². The van der Waals surface area contributed by atoms with Crippen LogP contribution in [-0.4, -0.2) is 0 Å². The highest BCUT2D eigenvalue weighted by Gasteiger charge is 1.80. The summed E-state index contributed by atoms with van der Waals surface area (Å²) in [5.74, 6) is 0. The number of rotatable bonds is 3. The van der Waals surface area contributed by atoms with Crippen molar-refractivity contribution in [2.24, 2.45) is 0 Å². The molecule has 9 heavy (non-hydrogen) atoms. The fourth-order valence-electron chi connectivity index (χ4n) is 0.641. The second-order valence-electron chi connectivity index (χ2n) is 2.04. The van der Waals surface area contributed by atoms with E-state index in [-0.39, 0.29) is 0 Å². The zero-order valence-corrected chi connectivity index (χ0v) is 6.35. The Morgan fingerprint density at radius 2 is 2.22 bits per heavy atom. The van der Waals surface area contributed by atoms with Gasteiger partial charge in [-0.2, -0.15) is 0 Å². The topological polar surface area (TPSA) is 0 Å². The van der Waals surface area contributed by atoms with Crippen LogP contribution in [0.4, 0.5) is 0 Å². The Morgan fingerprint density at radius 1 is 1.56 bits per heavy atom. The van der Waals surface area contributed by atoms with Crippen molar-refractivity contribution in [1.82, 2.24) is 0 Å². The minimum absolute atomic E-state index is 1.00. The minimum Gasteiger partial charge on any atom is -0.0913 e. The number of hydrogen-bond donors (Lipinski definition) is 0. The van der Waals surface area contributed by atoms with Gasteiger partial charge in [-0.3, -0.25) is 0 Å². The maximum Gasteiger partial charge on any atom is -0.0139 e. The van der Waals surface area contributed by atoms with Gasteiger partial charge in [0.15, 0.2) is 0 Å². The van der Waals surface area contributed by atoms with E-state index in [4.69, 9.17) is 0 Å². The summed E-state index contributed by atoms with van der Waals surface area (Å²) < 4.78 is 0. The van der Waals surface area contributed by atoms with Crippen LogP contribution in [0.3, 0.4) is 0 Å². The van der Waals surface area contributed by atoms with E-state index in [0.29, 0.717) is 0 Å². The van der Waals surface area contributed by atoms with Crippen LogP contribution in [-0.2, 0) is 0 Å². The highest BCUT2D eigenvalue weighted by atomic mass is 13.9. The van der Waals surface area contributed by atoms with Crippen LogP contribution in [0.15, 0.2) is 23.8 Å². The average Bonchev–Trinajstić information content (AvgIpc) is 1.85. The molecule has 0 N–H and O–H groups in total. The summed E-state index contributed by atoms with van der Waals surface area (Å²) in [6.07, 6.45) is 8.42. The molecule has 0 aliphatic heterocycles. The van der Waals surface area contributed by atoms with Crippen molar-refractivity contribution in [3.05, 3.63) is 30.7 Å². The van der Waals surface area contributed by atoms with Crippen molar-refractivity contribution in [2.45, 2.75) is 26.7 Å². The summed E-state index contributed by atoms with van der Waals surface area (Å²) in [6, 6.07) is 0. The van der Waals surface area contributed by atoms with E-state index in [2.05, 4.69) is 32.1 Å². The van der Waals surface area contributed by atoms with Crippen LogP contribution in [0.2, 0.25) is 0 Å². The van der Waals surface area contributed by atoms with E-state index >= 15 is 0 Å². The molecular weight excluding hydrogens is 108 g/mol. The highest BCUT2D eigenvalue weighted by Crippen LogP contribution is 2.00. The molecule has 0 aliphatic rings. The number of hydrogen-bond acceptors (Lipinski definition) is 0. The Bertz CT molecular complexity index is 107. The lowest BCUT2D eigenvalue weighted by molar-refractivity contribution is 1.16. The van der Waals surface area contributed by atoms with E-state index in [9.17, 15) is 0 Å². The Morgan fingerprint density at radius 3 is 2.67 bits per heavy atom. The van der Waals surface area contributed by atoms with Crippen molar-refractivity contribution in [2.75, 3.05) is 0 Å². The van der Waals surface area contributed by atoms with Gasteiger partial charge in [0.2, 0.25) is 0 Å². The quantitative estimate of drug-likeness (QED) is 0.506. The molecule has 0 aromatic carbocycles. The largest absolute Gasteiger partial charge is 0.0913 e. The van der Waals surface area contributed by atoms with Crippen molar-refractivity contribution < 1.29 is 0 Å². The maximum absolute atomic E-state index is 3.88. The van der Waals surface area contributed by atoms with Gasteiger partial charge in [-0.25, -0.2) is 0 Å².